The molecule has 3 atom stereocenters. The van der Waals surface area contributed by atoms with Gasteiger partial charge in [0.25, 0.3) is 0 Å². The summed E-state index contributed by atoms with van der Waals surface area (Å²) >= 11 is 1.91. The third kappa shape index (κ3) is 4.16. The highest BCUT2D eigenvalue weighted by Gasteiger charge is 2.42. The topological polar surface area (TPSA) is 83.1 Å². The number of unbranched alkanes of at least 4 members (excludes halogenated alkanes) is 1. The molecule has 7 heteroatoms. The Labute approximate surface area is 140 Å². The summed E-state index contributed by atoms with van der Waals surface area (Å²) in [5.74, 6) is 1.03. The lowest BCUT2D eigenvalue weighted by Gasteiger charge is -2.16. The van der Waals surface area contributed by atoms with Crippen LogP contribution in [0.3, 0.4) is 0 Å². The third-order valence-electron chi connectivity index (χ3n) is 4.26. The average Bonchev–Trinajstić information content (AvgIpc) is 3.03. The molecule has 3 N–H and O–H groups in total. The number of hydrogen-bond donors (Lipinski definition) is 3. The lowest BCUT2D eigenvalue weighted by molar-refractivity contribution is -0.116. The first-order chi connectivity index (χ1) is 11.1. The van der Waals surface area contributed by atoms with E-state index in [0.29, 0.717) is 11.7 Å². The highest BCUT2D eigenvalue weighted by Crippen LogP contribution is 2.33. The van der Waals surface area contributed by atoms with Crippen molar-refractivity contribution in [3.63, 3.8) is 0 Å². The van der Waals surface area contributed by atoms with E-state index in [1.807, 2.05) is 24.8 Å². The molecule has 0 aromatic carbocycles. The van der Waals surface area contributed by atoms with Crippen molar-refractivity contribution in [2.24, 2.45) is 0 Å². The van der Waals surface area contributed by atoms with Crippen molar-refractivity contribution in [2.45, 2.75) is 49.9 Å². The SMILES string of the molecule is Cc1cc(NC(=O)CCCC[C@@H]2SC[C@@H]3NC(=O)N[C@@H]32)ccn1. The molecule has 0 saturated carbocycles. The zero-order chi connectivity index (χ0) is 16.2. The molecule has 1 aromatic rings. The minimum absolute atomic E-state index is 0.0441. The van der Waals surface area contributed by atoms with E-state index in [2.05, 4.69) is 20.9 Å². The molecular formula is C16H22N4O2S. The van der Waals surface area contributed by atoms with E-state index in [1.54, 1.807) is 12.3 Å². The molecule has 124 valence electrons. The molecule has 3 amide bonds. The zero-order valence-electron chi connectivity index (χ0n) is 13.2. The lowest BCUT2D eigenvalue weighted by atomic mass is 10.0. The molecule has 3 heterocycles. The van der Waals surface area contributed by atoms with Gasteiger partial charge in [-0.3, -0.25) is 9.78 Å². The van der Waals surface area contributed by atoms with E-state index in [1.165, 1.54) is 0 Å². The fraction of sp³-hybridized carbons (Fsp3) is 0.562. The zero-order valence-corrected chi connectivity index (χ0v) is 14.0. The highest BCUT2D eigenvalue weighted by molar-refractivity contribution is 8.00. The Hall–Kier alpha value is -1.76. The van der Waals surface area contributed by atoms with Gasteiger partial charge >= 0.3 is 6.03 Å². The van der Waals surface area contributed by atoms with Gasteiger partial charge in [-0.25, -0.2) is 4.79 Å². The minimum atomic E-state index is -0.0441. The Morgan fingerprint density at radius 3 is 3.13 bits per heavy atom. The molecule has 6 nitrogen and oxygen atoms in total. The molecule has 0 aliphatic carbocycles. The number of fused-ring (bicyclic) bond motifs is 1. The number of amides is 3. The maximum Gasteiger partial charge on any atom is 0.315 e. The normalized spacial score (nSPS) is 25.6. The molecule has 2 aliphatic rings. The number of nitrogens with zero attached hydrogens (tertiary/aromatic N) is 1. The lowest BCUT2D eigenvalue weighted by Crippen LogP contribution is -2.36. The van der Waals surface area contributed by atoms with Crippen LogP contribution in [0.15, 0.2) is 18.3 Å². The van der Waals surface area contributed by atoms with Crippen LogP contribution in [0.5, 0.6) is 0 Å². The Morgan fingerprint density at radius 1 is 1.43 bits per heavy atom. The van der Waals surface area contributed by atoms with Crippen molar-refractivity contribution < 1.29 is 9.59 Å². The summed E-state index contributed by atoms with van der Waals surface area (Å²) in [5.41, 5.74) is 1.69. The van der Waals surface area contributed by atoms with E-state index in [-0.39, 0.29) is 24.0 Å². The van der Waals surface area contributed by atoms with Gasteiger partial charge in [-0.15, -0.1) is 0 Å². The number of carbonyl (C=O) groups is 2. The number of hydrogen-bond acceptors (Lipinski definition) is 4. The molecular weight excluding hydrogens is 312 g/mol. The smallest absolute Gasteiger partial charge is 0.315 e. The first-order valence-electron chi connectivity index (χ1n) is 8.03. The van der Waals surface area contributed by atoms with Crippen LogP contribution in [0.2, 0.25) is 0 Å². The fourth-order valence-corrected chi connectivity index (χ4v) is 4.66. The number of anilines is 1. The second-order valence-electron chi connectivity index (χ2n) is 6.10. The van der Waals surface area contributed by atoms with Crippen LogP contribution in [0.1, 0.15) is 31.4 Å². The van der Waals surface area contributed by atoms with Crippen molar-refractivity contribution in [1.82, 2.24) is 15.6 Å². The van der Waals surface area contributed by atoms with Gasteiger partial charge in [0, 0.05) is 35.0 Å². The summed E-state index contributed by atoms with van der Waals surface area (Å²) in [6.45, 7) is 1.90. The van der Waals surface area contributed by atoms with E-state index in [0.717, 1.165) is 36.4 Å². The van der Waals surface area contributed by atoms with Crippen molar-refractivity contribution in [3.05, 3.63) is 24.0 Å². The molecule has 0 radical (unpaired) electrons. The number of nitrogens with one attached hydrogen (secondary N) is 3. The average molecular weight is 334 g/mol. The number of urea groups is 1. The highest BCUT2D eigenvalue weighted by atomic mass is 32.2. The van der Waals surface area contributed by atoms with Crippen LogP contribution >= 0.6 is 11.8 Å². The van der Waals surface area contributed by atoms with Gasteiger partial charge in [-0.05, 0) is 31.9 Å². The Morgan fingerprint density at radius 2 is 2.30 bits per heavy atom. The Bertz CT molecular complexity index is 595. The first-order valence-corrected chi connectivity index (χ1v) is 9.08. The number of aromatic nitrogens is 1. The predicted octanol–water partition coefficient (Wildman–Crippen LogP) is 2.05. The second-order valence-corrected chi connectivity index (χ2v) is 7.37. The summed E-state index contributed by atoms with van der Waals surface area (Å²) in [4.78, 5) is 27.4. The van der Waals surface area contributed by atoms with E-state index in [9.17, 15) is 9.59 Å². The Kier molecular flexibility index (Phi) is 5.05. The summed E-state index contributed by atoms with van der Waals surface area (Å²) in [6, 6.07) is 4.15. The van der Waals surface area contributed by atoms with Crippen LogP contribution in [0.4, 0.5) is 10.5 Å². The third-order valence-corrected chi connectivity index (χ3v) is 5.77. The van der Waals surface area contributed by atoms with Crippen LogP contribution in [-0.2, 0) is 4.79 Å². The molecule has 2 aliphatic heterocycles. The monoisotopic (exact) mass is 334 g/mol. The largest absolute Gasteiger partial charge is 0.332 e. The van der Waals surface area contributed by atoms with Gasteiger partial charge in [0.1, 0.15) is 0 Å². The summed E-state index contributed by atoms with van der Waals surface area (Å²) in [6.07, 6.45) is 5.13. The maximum atomic E-state index is 11.9. The van der Waals surface area contributed by atoms with Gasteiger partial charge in [0.15, 0.2) is 0 Å². The van der Waals surface area contributed by atoms with Crippen LogP contribution in [0.25, 0.3) is 0 Å². The van der Waals surface area contributed by atoms with Gasteiger partial charge in [-0.2, -0.15) is 11.8 Å². The number of pyridine rings is 1. The maximum absolute atomic E-state index is 11.9. The van der Waals surface area contributed by atoms with Gasteiger partial charge in [0.2, 0.25) is 5.91 Å². The standard InChI is InChI=1S/C16H22N4O2S/c1-10-8-11(6-7-17-10)18-14(21)5-3-2-4-13-15-12(9-23-13)19-16(22)20-15/h6-8,12-13,15H,2-5,9H2,1H3,(H,17,18,21)(H2,19,20,22)/t12-,13-,15-/m0/s1. The molecule has 23 heavy (non-hydrogen) atoms. The van der Waals surface area contributed by atoms with Gasteiger partial charge in [0.05, 0.1) is 12.1 Å². The van der Waals surface area contributed by atoms with Crippen molar-refractivity contribution in [3.8, 4) is 0 Å². The predicted molar refractivity (Wildman–Crippen MR) is 91.6 cm³/mol. The molecule has 0 bridgehead atoms. The molecule has 2 saturated heterocycles. The van der Waals surface area contributed by atoms with Gasteiger partial charge < -0.3 is 16.0 Å². The minimum Gasteiger partial charge on any atom is -0.332 e. The number of thioether (sulfide) groups is 1. The number of rotatable bonds is 6. The van der Waals surface area contributed by atoms with Crippen molar-refractivity contribution in [2.75, 3.05) is 11.1 Å². The van der Waals surface area contributed by atoms with E-state index in [4.69, 9.17) is 0 Å². The van der Waals surface area contributed by atoms with Crippen LogP contribution in [-0.4, -0.2) is 40.0 Å². The summed E-state index contributed by atoms with van der Waals surface area (Å²) < 4.78 is 0. The summed E-state index contributed by atoms with van der Waals surface area (Å²) in [7, 11) is 0. The second kappa shape index (κ2) is 7.21. The fourth-order valence-electron chi connectivity index (χ4n) is 3.12. The first kappa shape index (κ1) is 16.1. The van der Waals surface area contributed by atoms with Crippen LogP contribution in [0, 0.1) is 6.92 Å². The number of aryl methyl sites for hydroxylation is 1. The van der Waals surface area contributed by atoms with Crippen LogP contribution < -0.4 is 16.0 Å². The molecule has 2 fully saturated rings. The molecule has 0 spiro atoms. The van der Waals surface area contributed by atoms with Crippen molar-refractivity contribution >= 4 is 29.4 Å². The number of carbonyl (C=O) groups excluding carboxylic acids is 2. The van der Waals surface area contributed by atoms with E-state index < -0.39 is 0 Å². The van der Waals surface area contributed by atoms with Gasteiger partial charge in [-0.1, -0.05) is 6.42 Å². The quantitative estimate of drug-likeness (QED) is 0.549. The molecule has 3 rings (SSSR count). The van der Waals surface area contributed by atoms with Crippen molar-refractivity contribution in [1.29, 1.82) is 0 Å². The van der Waals surface area contributed by atoms with E-state index >= 15 is 0 Å². The molecule has 0 unspecified atom stereocenters. The molecule has 1 aromatic heterocycles. The Balaban J connectivity index is 1.35. The summed E-state index contributed by atoms with van der Waals surface area (Å²) in [5, 5.41) is 9.31.